The van der Waals surface area contributed by atoms with Crippen molar-refractivity contribution in [3.8, 4) is 22.8 Å². The number of hydrogen-bond acceptors (Lipinski definition) is 5. The normalized spacial score (nSPS) is 14.3. The van der Waals surface area contributed by atoms with Gasteiger partial charge in [-0.1, -0.05) is 0 Å². The van der Waals surface area contributed by atoms with E-state index in [9.17, 15) is 0 Å². The van der Waals surface area contributed by atoms with E-state index in [1.165, 1.54) is 12.8 Å². The maximum absolute atomic E-state index is 5.49. The van der Waals surface area contributed by atoms with Crippen molar-refractivity contribution in [3.63, 3.8) is 0 Å². The maximum Gasteiger partial charge on any atom is 0.155 e. The first kappa shape index (κ1) is 13.7. The summed E-state index contributed by atoms with van der Waals surface area (Å²) in [6, 6.07) is 5.76. The standard InChI is InChI=1S/C16H19N3O2/c1-20-12-5-6-13(14(11-12)21-2)15-16(18-8-7-17-15)19-9-3-4-10-19/h5-8,11H,3-4,9-10H2,1-2H3. The third-order valence-corrected chi connectivity index (χ3v) is 3.75. The van der Waals surface area contributed by atoms with Gasteiger partial charge in [0, 0.05) is 37.1 Å². The maximum atomic E-state index is 5.49. The molecular formula is C16H19N3O2. The van der Waals surface area contributed by atoms with Crippen LogP contribution in [0.1, 0.15) is 12.8 Å². The lowest BCUT2D eigenvalue weighted by Gasteiger charge is -2.20. The van der Waals surface area contributed by atoms with Gasteiger partial charge in [-0.25, -0.2) is 4.98 Å². The van der Waals surface area contributed by atoms with Crippen LogP contribution in [-0.4, -0.2) is 37.3 Å². The summed E-state index contributed by atoms with van der Waals surface area (Å²) in [4.78, 5) is 11.3. The highest BCUT2D eigenvalue weighted by molar-refractivity contribution is 5.77. The summed E-state index contributed by atoms with van der Waals surface area (Å²) in [6.45, 7) is 2.06. The van der Waals surface area contributed by atoms with Crippen LogP contribution in [0.25, 0.3) is 11.3 Å². The van der Waals surface area contributed by atoms with E-state index in [1.807, 2.05) is 18.2 Å². The van der Waals surface area contributed by atoms with Crippen LogP contribution in [0.2, 0.25) is 0 Å². The largest absolute Gasteiger partial charge is 0.497 e. The van der Waals surface area contributed by atoms with Crippen LogP contribution >= 0.6 is 0 Å². The zero-order chi connectivity index (χ0) is 14.7. The van der Waals surface area contributed by atoms with Crippen LogP contribution in [0.3, 0.4) is 0 Å². The lowest BCUT2D eigenvalue weighted by molar-refractivity contribution is 0.395. The Balaban J connectivity index is 2.08. The number of ether oxygens (including phenoxy) is 2. The zero-order valence-electron chi connectivity index (χ0n) is 12.4. The molecule has 0 amide bonds. The monoisotopic (exact) mass is 285 g/mol. The van der Waals surface area contributed by atoms with Crippen molar-refractivity contribution in [1.82, 2.24) is 9.97 Å². The van der Waals surface area contributed by atoms with Gasteiger partial charge in [-0.05, 0) is 25.0 Å². The number of rotatable bonds is 4. The highest BCUT2D eigenvalue weighted by Crippen LogP contribution is 2.36. The Labute approximate surface area is 124 Å². The molecule has 21 heavy (non-hydrogen) atoms. The molecule has 0 bridgehead atoms. The molecule has 0 unspecified atom stereocenters. The average Bonchev–Trinajstić information content (AvgIpc) is 3.08. The quantitative estimate of drug-likeness (QED) is 0.864. The predicted octanol–water partition coefficient (Wildman–Crippen LogP) is 2.76. The molecule has 1 fully saturated rings. The Morgan fingerprint density at radius 3 is 2.48 bits per heavy atom. The predicted molar refractivity (Wildman–Crippen MR) is 82.0 cm³/mol. The van der Waals surface area contributed by atoms with E-state index in [-0.39, 0.29) is 0 Å². The lowest BCUT2D eigenvalue weighted by atomic mass is 10.1. The van der Waals surface area contributed by atoms with Gasteiger partial charge in [-0.3, -0.25) is 4.98 Å². The second-order valence-electron chi connectivity index (χ2n) is 4.99. The van der Waals surface area contributed by atoms with E-state index in [2.05, 4.69) is 14.9 Å². The van der Waals surface area contributed by atoms with Crippen molar-refractivity contribution in [2.45, 2.75) is 12.8 Å². The Kier molecular flexibility index (Phi) is 3.90. The van der Waals surface area contributed by atoms with Gasteiger partial charge < -0.3 is 14.4 Å². The molecule has 0 saturated carbocycles. The smallest absolute Gasteiger partial charge is 0.155 e. The number of hydrogen-bond donors (Lipinski definition) is 0. The fourth-order valence-electron chi connectivity index (χ4n) is 2.68. The number of methoxy groups -OCH3 is 2. The fraction of sp³-hybridized carbons (Fsp3) is 0.375. The van der Waals surface area contributed by atoms with E-state index in [4.69, 9.17) is 9.47 Å². The molecule has 2 heterocycles. The second-order valence-corrected chi connectivity index (χ2v) is 4.99. The summed E-state index contributed by atoms with van der Waals surface area (Å²) in [6.07, 6.45) is 5.87. The van der Waals surface area contributed by atoms with Gasteiger partial charge in [0.25, 0.3) is 0 Å². The topological polar surface area (TPSA) is 47.5 Å². The molecule has 0 spiro atoms. The molecular weight excluding hydrogens is 266 g/mol. The molecule has 2 aromatic rings. The highest BCUT2D eigenvalue weighted by Gasteiger charge is 2.20. The Hall–Kier alpha value is -2.30. The minimum Gasteiger partial charge on any atom is -0.497 e. The van der Waals surface area contributed by atoms with Gasteiger partial charge in [-0.2, -0.15) is 0 Å². The van der Waals surface area contributed by atoms with Gasteiger partial charge >= 0.3 is 0 Å². The molecule has 5 heteroatoms. The molecule has 0 atom stereocenters. The molecule has 0 radical (unpaired) electrons. The minimum absolute atomic E-state index is 0.746. The van der Waals surface area contributed by atoms with Crippen LogP contribution in [0.4, 0.5) is 5.82 Å². The van der Waals surface area contributed by atoms with Crippen LogP contribution in [0, 0.1) is 0 Å². The summed E-state index contributed by atoms with van der Waals surface area (Å²) in [5.41, 5.74) is 1.80. The van der Waals surface area contributed by atoms with Crippen molar-refractivity contribution in [3.05, 3.63) is 30.6 Å². The molecule has 110 valence electrons. The molecule has 0 N–H and O–H groups in total. The van der Waals surface area contributed by atoms with E-state index in [0.717, 1.165) is 41.7 Å². The summed E-state index contributed by atoms with van der Waals surface area (Å²) >= 11 is 0. The van der Waals surface area contributed by atoms with Crippen molar-refractivity contribution < 1.29 is 9.47 Å². The minimum atomic E-state index is 0.746. The average molecular weight is 285 g/mol. The Bertz CT molecular complexity index is 625. The number of anilines is 1. The first-order valence-corrected chi connectivity index (χ1v) is 7.12. The van der Waals surface area contributed by atoms with E-state index >= 15 is 0 Å². The molecule has 0 aliphatic carbocycles. The summed E-state index contributed by atoms with van der Waals surface area (Å²) in [7, 11) is 3.30. The van der Waals surface area contributed by atoms with E-state index in [0.29, 0.717) is 0 Å². The highest BCUT2D eigenvalue weighted by atomic mass is 16.5. The third-order valence-electron chi connectivity index (χ3n) is 3.75. The zero-order valence-corrected chi connectivity index (χ0v) is 12.4. The van der Waals surface area contributed by atoms with Crippen LogP contribution in [-0.2, 0) is 0 Å². The molecule has 1 aromatic heterocycles. The molecule has 1 aliphatic rings. The first-order valence-electron chi connectivity index (χ1n) is 7.12. The number of benzene rings is 1. The van der Waals surface area contributed by atoms with Crippen molar-refractivity contribution in [2.75, 3.05) is 32.2 Å². The number of nitrogens with zero attached hydrogens (tertiary/aromatic N) is 3. The van der Waals surface area contributed by atoms with Crippen LogP contribution in [0.5, 0.6) is 11.5 Å². The molecule has 3 rings (SSSR count). The van der Waals surface area contributed by atoms with Crippen LogP contribution in [0.15, 0.2) is 30.6 Å². The van der Waals surface area contributed by atoms with Crippen molar-refractivity contribution in [2.24, 2.45) is 0 Å². The van der Waals surface area contributed by atoms with E-state index < -0.39 is 0 Å². The van der Waals surface area contributed by atoms with Gasteiger partial charge in [0.05, 0.1) is 14.2 Å². The third kappa shape index (κ3) is 2.63. The SMILES string of the molecule is COc1ccc(-c2nccnc2N2CCCC2)c(OC)c1. The lowest BCUT2D eigenvalue weighted by Crippen LogP contribution is -2.20. The van der Waals surface area contributed by atoms with Crippen molar-refractivity contribution >= 4 is 5.82 Å². The summed E-state index contributed by atoms with van der Waals surface area (Å²) in [5, 5.41) is 0. The van der Waals surface area contributed by atoms with E-state index in [1.54, 1.807) is 26.6 Å². The molecule has 1 aromatic carbocycles. The van der Waals surface area contributed by atoms with Gasteiger partial charge in [0.1, 0.15) is 17.2 Å². The Morgan fingerprint density at radius 2 is 1.76 bits per heavy atom. The van der Waals surface area contributed by atoms with Gasteiger partial charge in [0.15, 0.2) is 5.82 Å². The van der Waals surface area contributed by atoms with Crippen LogP contribution < -0.4 is 14.4 Å². The Morgan fingerprint density at radius 1 is 1.00 bits per heavy atom. The number of aromatic nitrogens is 2. The first-order chi connectivity index (χ1) is 10.3. The summed E-state index contributed by atoms with van der Waals surface area (Å²) < 4.78 is 10.7. The molecule has 1 aliphatic heterocycles. The molecule has 5 nitrogen and oxygen atoms in total. The summed E-state index contributed by atoms with van der Waals surface area (Å²) in [5.74, 6) is 2.44. The fourth-order valence-corrected chi connectivity index (χ4v) is 2.68. The van der Waals surface area contributed by atoms with Gasteiger partial charge in [-0.15, -0.1) is 0 Å². The van der Waals surface area contributed by atoms with Crippen molar-refractivity contribution in [1.29, 1.82) is 0 Å². The second kappa shape index (κ2) is 5.99. The molecule has 1 saturated heterocycles. The van der Waals surface area contributed by atoms with Gasteiger partial charge in [0.2, 0.25) is 0 Å².